The van der Waals surface area contributed by atoms with E-state index in [4.69, 9.17) is 11.6 Å². The molecule has 0 aromatic carbocycles. The number of nitrogens with zero attached hydrogens (tertiary/aromatic N) is 4. The molecule has 0 aliphatic carbocycles. The lowest BCUT2D eigenvalue weighted by molar-refractivity contribution is 0.579. The molecule has 0 bridgehead atoms. The molecule has 5 heteroatoms. The van der Waals surface area contributed by atoms with Crippen molar-refractivity contribution < 1.29 is 0 Å². The summed E-state index contributed by atoms with van der Waals surface area (Å²) < 4.78 is 0. The van der Waals surface area contributed by atoms with Gasteiger partial charge in [0, 0.05) is 18.1 Å². The first-order valence-corrected chi connectivity index (χ1v) is 8.13. The standard InChI is InChI=1S/C17H19ClN4/c1-2-14-16-15(22-17(18)21-14)10-12(11-20-16)6-5-8-13-7-3-4-9-19-13/h3-4,7,9,11-12H,2,5-6,8,10H2,1H3. The zero-order valence-corrected chi connectivity index (χ0v) is 13.4. The van der Waals surface area contributed by atoms with E-state index in [-0.39, 0.29) is 0 Å². The van der Waals surface area contributed by atoms with Crippen LogP contribution in [0.15, 0.2) is 29.4 Å². The van der Waals surface area contributed by atoms with Crippen molar-refractivity contribution in [3.63, 3.8) is 0 Å². The largest absolute Gasteiger partial charge is 0.261 e. The molecule has 3 heterocycles. The van der Waals surface area contributed by atoms with Gasteiger partial charge in [-0.3, -0.25) is 9.98 Å². The first-order valence-electron chi connectivity index (χ1n) is 7.75. The molecule has 1 aliphatic rings. The van der Waals surface area contributed by atoms with Crippen molar-refractivity contribution in [2.45, 2.75) is 39.0 Å². The normalized spacial score (nSPS) is 16.5. The van der Waals surface area contributed by atoms with Crippen molar-refractivity contribution in [2.75, 3.05) is 0 Å². The van der Waals surface area contributed by atoms with E-state index >= 15 is 0 Å². The van der Waals surface area contributed by atoms with Crippen LogP contribution in [-0.4, -0.2) is 21.2 Å². The fourth-order valence-electron chi connectivity index (χ4n) is 2.81. The van der Waals surface area contributed by atoms with Crippen LogP contribution in [0.5, 0.6) is 0 Å². The zero-order chi connectivity index (χ0) is 15.4. The van der Waals surface area contributed by atoms with Gasteiger partial charge in [0.05, 0.1) is 11.4 Å². The van der Waals surface area contributed by atoms with E-state index in [9.17, 15) is 0 Å². The highest BCUT2D eigenvalue weighted by atomic mass is 35.5. The van der Waals surface area contributed by atoms with Crippen LogP contribution in [0.25, 0.3) is 0 Å². The highest BCUT2D eigenvalue weighted by Crippen LogP contribution is 2.30. The molecule has 1 aliphatic heterocycles. The Hall–Kier alpha value is -1.81. The van der Waals surface area contributed by atoms with E-state index in [2.05, 4.69) is 39.1 Å². The third-order valence-corrected chi connectivity index (χ3v) is 4.11. The highest BCUT2D eigenvalue weighted by molar-refractivity contribution is 6.28. The molecule has 1 atom stereocenters. The van der Waals surface area contributed by atoms with Crippen molar-refractivity contribution >= 4 is 23.5 Å². The van der Waals surface area contributed by atoms with Gasteiger partial charge in [0.2, 0.25) is 5.28 Å². The fraction of sp³-hybridized carbons (Fsp3) is 0.412. The second kappa shape index (κ2) is 6.97. The Morgan fingerprint density at radius 1 is 1.27 bits per heavy atom. The van der Waals surface area contributed by atoms with Gasteiger partial charge in [0.1, 0.15) is 5.69 Å². The van der Waals surface area contributed by atoms with Crippen LogP contribution < -0.4 is 0 Å². The summed E-state index contributed by atoms with van der Waals surface area (Å²) in [5, 5.41) is 0.333. The Bertz CT molecular complexity index is 670. The Labute approximate surface area is 135 Å². The second-order valence-electron chi connectivity index (χ2n) is 5.54. The summed E-state index contributed by atoms with van der Waals surface area (Å²) in [6.07, 6.45) is 8.81. The first-order chi connectivity index (χ1) is 10.8. The van der Waals surface area contributed by atoms with Crippen molar-refractivity contribution in [1.82, 2.24) is 15.0 Å². The second-order valence-corrected chi connectivity index (χ2v) is 5.88. The molecule has 0 fully saturated rings. The molecule has 114 valence electrons. The fourth-order valence-corrected chi connectivity index (χ4v) is 3.01. The lowest BCUT2D eigenvalue weighted by Gasteiger charge is -2.19. The number of hydrogen-bond acceptors (Lipinski definition) is 4. The minimum absolute atomic E-state index is 0.333. The lowest BCUT2D eigenvalue weighted by atomic mass is 9.94. The maximum absolute atomic E-state index is 6.01. The molecule has 2 aromatic heterocycles. The average Bonchev–Trinajstić information content (AvgIpc) is 2.54. The lowest BCUT2D eigenvalue weighted by Crippen LogP contribution is -2.14. The van der Waals surface area contributed by atoms with Crippen molar-refractivity contribution in [2.24, 2.45) is 10.9 Å². The van der Waals surface area contributed by atoms with Gasteiger partial charge in [0.15, 0.2) is 0 Å². The van der Waals surface area contributed by atoms with Crippen LogP contribution in [0.4, 0.5) is 5.69 Å². The van der Waals surface area contributed by atoms with E-state index in [1.807, 2.05) is 18.3 Å². The Morgan fingerprint density at radius 3 is 2.95 bits per heavy atom. The summed E-state index contributed by atoms with van der Waals surface area (Å²) in [7, 11) is 0. The van der Waals surface area contributed by atoms with Crippen LogP contribution in [0.2, 0.25) is 5.28 Å². The summed E-state index contributed by atoms with van der Waals surface area (Å²) >= 11 is 6.01. The maximum atomic E-state index is 6.01. The van der Waals surface area contributed by atoms with Gasteiger partial charge in [-0.25, -0.2) is 9.97 Å². The Kier molecular flexibility index (Phi) is 4.78. The topological polar surface area (TPSA) is 51.0 Å². The summed E-state index contributed by atoms with van der Waals surface area (Å²) in [4.78, 5) is 17.6. The van der Waals surface area contributed by atoms with Crippen molar-refractivity contribution in [3.8, 4) is 0 Å². The number of halogens is 1. The minimum Gasteiger partial charge on any atom is -0.261 e. The predicted octanol–water partition coefficient (Wildman–Crippen LogP) is 3.98. The molecular weight excluding hydrogens is 296 g/mol. The third-order valence-electron chi connectivity index (χ3n) is 3.94. The maximum Gasteiger partial charge on any atom is 0.222 e. The van der Waals surface area contributed by atoms with E-state index in [1.165, 1.54) is 0 Å². The van der Waals surface area contributed by atoms with Gasteiger partial charge in [-0.1, -0.05) is 13.0 Å². The summed E-state index contributed by atoms with van der Waals surface area (Å²) in [6.45, 7) is 2.06. The number of fused-ring (bicyclic) bond motifs is 1. The van der Waals surface area contributed by atoms with Crippen molar-refractivity contribution in [3.05, 3.63) is 46.8 Å². The molecule has 0 amide bonds. The first kappa shape index (κ1) is 15.1. The third kappa shape index (κ3) is 3.50. The molecule has 0 spiro atoms. The molecule has 0 saturated carbocycles. The number of aryl methyl sites for hydroxylation is 2. The highest BCUT2D eigenvalue weighted by Gasteiger charge is 2.20. The van der Waals surface area contributed by atoms with Gasteiger partial charge >= 0.3 is 0 Å². The molecular formula is C17H19ClN4. The number of hydrogen-bond donors (Lipinski definition) is 0. The van der Waals surface area contributed by atoms with Crippen LogP contribution >= 0.6 is 11.6 Å². The Balaban J connectivity index is 1.62. The van der Waals surface area contributed by atoms with E-state index in [0.29, 0.717) is 11.2 Å². The van der Waals surface area contributed by atoms with Crippen LogP contribution in [0.3, 0.4) is 0 Å². The number of aliphatic imine (C=N–C) groups is 1. The number of pyridine rings is 1. The zero-order valence-electron chi connectivity index (χ0n) is 12.7. The molecule has 3 rings (SSSR count). The van der Waals surface area contributed by atoms with Gasteiger partial charge in [-0.2, -0.15) is 0 Å². The van der Waals surface area contributed by atoms with E-state index in [1.54, 1.807) is 0 Å². The van der Waals surface area contributed by atoms with E-state index < -0.39 is 0 Å². The van der Waals surface area contributed by atoms with Gasteiger partial charge in [0.25, 0.3) is 0 Å². The number of rotatable bonds is 5. The smallest absolute Gasteiger partial charge is 0.222 e. The number of aromatic nitrogens is 3. The Morgan fingerprint density at radius 2 is 2.18 bits per heavy atom. The predicted molar refractivity (Wildman–Crippen MR) is 88.9 cm³/mol. The summed E-state index contributed by atoms with van der Waals surface area (Å²) in [5.41, 5.74) is 4.00. The quantitative estimate of drug-likeness (QED) is 0.784. The molecule has 0 radical (unpaired) electrons. The molecule has 4 nitrogen and oxygen atoms in total. The summed E-state index contributed by atoms with van der Waals surface area (Å²) in [5.74, 6) is 0.423. The minimum atomic E-state index is 0.333. The molecule has 0 N–H and O–H groups in total. The van der Waals surface area contributed by atoms with Gasteiger partial charge in [-0.05, 0) is 61.8 Å². The molecule has 0 saturated heterocycles. The average molecular weight is 315 g/mol. The molecule has 1 unspecified atom stereocenters. The van der Waals surface area contributed by atoms with Crippen LogP contribution in [-0.2, 0) is 19.3 Å². The van der Waals surface area contributed by atoms with Crippen LogP contribution in [0, 0.1) is 5.92 Å². The van der Waals surface area contributed by atoms with Gasteiger partial charge < -0.3 is 0 Å². The van der Waals surface area contributed by atoms with Gasteiger partial charge in [-0.15, -0.1) is 0 Å². The monoisotopic (exact) mass is 314 g/mol. The van der Waals surface area contributed by atoms with Crippen molar-refractivity contribution in [1.29, 1.82) is 0 Å². The van der Waals surface area contributed by atoms with Crippen LogP contribution in [0.1, 0.15) is 36.8 Å². The SMILES string of the molecule is CCc1nc(Cl)nc2c1N=CC(CCCc1ccccn1)C2. The molecule has 22 heavy (non-hydrogen) atoms. The van der Waals surface area contributed by atoms with E-state index in [0.717, 1.165) is 54.9 Å². The molecule has 2 aromatic rings. The summed E-state index contributed by atoms with van der Waals surface area (Å²) in [6, 6.07) is 6.06.